The quantitative estimate of drug-likeness (QED) is 0.758. The van der Waals surface area contributed by atoms with Crippen molar-refractivity contribution in [3.8, 4) is 0 Å². The third kappa shape index (κ3) is 2.28. The fourth-order valence-electron chi connectivity index (χ4n) is 1.74. The number of morpholine rings is 1. The highest BCUT2D eigenvalue weighted by Crippen LogP contribution is 2.11. The van der Waals surface area contributed by atoms with Crippen molar-refractivity contribution in [2.75, 3.05) is 26.3 Å². The van der Waals surface area contributed by atoms with Crippen LogP contribution < -0.4 is 0 Å². The Bertz CT molecular complexity index is 448. The van der Waals surface area contributed by atoms with Crippen molar-refractivity contribution in [2.24, 2.45) is 7.05 Å². The van der Waals surface area contributed by atoms with Crippen molar-refractivity contribution >= 4 is 11.9 Å². The molecular formula is C10H13N3O4. The van der Waals surface area contributed by atoms with E-state index in [4.69, 9.17) is 9.84 Å². The maximum absolute atomic E-state index is 12.1. The predicted molar refractivity (Wildman–Crippen MR) is 56.9 cm³/mol. The smallest absolute Gasteiger partial charge is 0.357 e. The number of carboxylic acids is 1. The molecule has 1 amide bonds. The van der Waals surface area contributed by atoms with Gasteiger partial charge in [0.25, 0.3) is 5.91 Å². The summed E-state index contributed by atoms with van der Waals surface area (Å²) >= 11 is 0. The van der Waals surface area contributed by atoms with E-state index in [0.717, 1.165) is 0 Å². The minimum absolute atomic E-state index is 0.127. The van der Waals surface area contributed by atoms with Crippen LogP contribution in [0.3, 0.4) is 0 Å². The average molecular weight is 239 g/mol. The van der Waals surface area contributed by atoms with Gasteiger partial charge in [0, 0.05) is 26.3 Å². The van der Waals surface area contributed by atoms with E-state index < -0.39 is 5.97 Å². The molecule has 7 nitrogen and oxygen atoms in total. The van der Waals surface area contributed by atoms with Gasteiger partial charge in [-0.2, -0.15) is 5.10 Å². The molecule has 7 heteroatoms. The summed E-state index contributed by atoms with van der Waals surface area (Å²) in [5.74, 6) is -1.50. The molecule has 92 valence electrons. The first-order chi connectivity index (χ1) is 8.09. The first-order valence-electron chi connectivity index (χ1n) is 5.23. The molecule has 1 aromatic heterocycles. The number of nitrogens with zero attached hydrogens (tertiary/aromatic N) is 3. The van der Waals surface area contributed by atoms with Crippen molar-refractivity contribution in [2.45, 2.75) is 0 Å². The van der Waals surface area contributed by atoms with Gasteiger partial charge in [-0.25, -0.2) is 4.79 Å². The molecule has 0 spiro atoms. The van der Waals surface area contributed by atoms with Gasteiger partial charge in [0.05, 0.1) is 18.8 Å². The number of aromatic carboxylic acids is 1. The molecule has 1 aliphatic heterocycles. The first kappa shape index (κ1) is 11.6. The molecule has 0 saturated carbocycles. The van der Waals surface area contributed by atoms with Crippen molar-refractivity contribution in [3.63, 3.8) is 0 Å². The number of hydrogen-bond donors (Lipinski definition) is 1. The molecule has 0 aromatic carbocycles. The van der Waals surface area contributed by atoms with Gasteiger partial charge >= 0.3 is 5.97 Å². The molecule has 17 heavy (non-hydrogen) atoms. The lowest BCUT2D eigenvalue weighted by atomic mass is 10.2. The number of carboxylic acid groups (broad SMARTS) is 1. The number of aryl methyl sites for hydroxylation is 1. The minimum Gasteiger partial charge on any atom is -0.476 e. The Kier molecular flexibility index (Phi) is 3.10. The highest BCUT2D eigenvalue weighted by molar-refractivity contribution is 6.03. The Hall–Kier alpha value is -1.89. The Morgan fingerprint density at radius 1 is 1.41 bits per heavy atom. The van der Waals surface area contributed by atoms with Gasteiger partial charge < -0.3 is 14.7 Å². The maximum Gasteiger partial charge on any atom is 0.357 e. The van der Waals surface area contributed by atoms with Gasteiger partial charge in [-0.15, -0.1) is 0 Å². The number of carbonyl (C=O) groups excluding carboxylic acids is 1. The lowest BCUT2D eigenvalue weighted by Gasteiger charge is -2.26. The standard InChI is InChI=1S/C10H13N3O4/c1-12-6-7(8(11-12)10(15)16)9(14)13-2-4-17-5-3-13/h6H,2-5H2,1H3,(H,15,16). The van der Waals surface area contributed by atoms with E-state index in [1.54, 1.807) is 11.9 Å². The molecule has 1 N–H and O–H groups in total. The van der Waals surface area contributed by atoms with Crippen LogP contribution in [0, 0.1) is 0 Å². The number of carbonyl (C=O) groups is 2. The molecule has 2 rings (SSSR count). The van der Waals surface area contributed by atoms with E-state index in [0.29, 0.717) is 26.3 Å². The van der Waals surface area contributed by atoms with Crippen LogP contribution in [-0.4, -0.2) is 58.0 Å². The summed E-state index contributed by atoms with van der Waals surface area (Å²) in [5.41, 5.74) is -0.0779. The number of amides is 1. The van der Waals surface area contributed by atoms with Crippen LogP contribution in [0.15, 0.2) is 6.20 Å². The zero-order valence-electron chi connectivity index (χ0n) is 9.42. The summed E-state index contributed by atoms with van der Waals surface area (Å²) in [6.07, 6.45) is 1.43. The van der Waals surface area contributed by atoms with E-state index in [2.05, 4.69) is 5.10 Å². The molecule has 0 atom stereocenters. The second-order valence-corrected chi connectivity index (χ2v) is 3.77. The van der Waals surface area contributed by atoms with Crippen LogP contribution in [0.1, 0.15) is 20.8 Å². The van der Waals surface area contributed by atoms with E-state index in [9.17, 15) is 9.59 Å². The average Bonchev–Trinajstić information content (AvgIpc) is 2.72. The largest absolute Gasteiger partial charge is 0.476 e. The lowest BCUT2D eigenvalue weighted by molar-refractivity contribution is 0.0300. The van der Waals surface area contributed by atoms with Crippen molar-refractivity contribution in [3.05, 3.63) is 17.5 Å². The first-order valence-corrected chi connectivity index (χ1v) is 5.23. The third-order valence-corrected chi connectivity index (χ3v) is 2.56. The Labute approximate surface area is 97.6 Å². The zero-order valence-corrected chi connectivity index (χ0v) is 9.42. The summed E-state index contributed by atoms with van der Waals surface area (Å²) in [5, 5.41) is 12.7. The van der Waals surface area contributed by atoms with Crippen molar-refractivity contribution in [1.29, 1.82) is 0 Å². The number of hydrogen-bond acceptors (Lipinski definition) is 4. The minimum atomic E-state index is -1.19. The van der Waals surface area contributed by atoms with Crippen LogP contribution in [-0.2, 0) is 11.8 Å². The molecule has 0 bridgehead atoms. The predicted octanol–water partition coefficient (Wildman–Crippen LogP) is -0.409. The normalized spacial score (nSPS) is 15.9. The maximum atomic E-state index is 12.1. The molecule has 0 aliphatic carbocycles. The number of ether oxygens (including phenoxy) is 1. The summed E-state index contributed by atoms with van der Waals surface area (Å²) in [4.78, 5) is 24.6. The fourth-order valence-corrected chi connectivity index (χ4v) is 1.74. The molecule has 2 heterocycles. The van der Waals surface area contributed by atoms with Gasteiger partial charge in [-0.3, -0.25) is 9.48 Å². The van der Waals surface area contributed by atoms with Gasteiger partial charge in [0.15, 0.2) is 5.69 Å². The van der Waals surface area contributed by atoms with Gasteiger partial charge in [-0.05, 0) is 0 Å². The second kappa shape index (κ2) is 4.54. The molecule has 1 aromatic rings. The topological polar surface area (TPSA) is 84.7 Å². The monoisotopic (exact) mass is 239 g/mol. The summed E-state index contributed by atoms with van der Waals surface area (Å²) in [6.45, 7) is 1.92. The highest BCUT2D eigenvalue weighted by Gasteiger charge is 2.26. The van der Waals surface area contributed by atoms with E-state index in [1.807, 2.05) is 0 Å². The van der Waals surface area contributed by atoms with Gasteiger partial charge in [-0.1, -0.05) is 0 Å². The van der Waals surface area contributed by atoms with Crippen LogP contribution >= 0.6 is 0 Å². The molecular weight excluding hydrogens is 226 g/mol. The second-order valence-electron chi connectivity index (χ2n) is 3.77. The number of rotatable bonds is 2. The Morgan fingerprint density at radius 3 is 2.65 bits per heavy atom. The van der Waals surface area contributed by atoms with Crippen LogP contribution in [0.5, 0.6) is 0 Å². The zero-order chi connectivity index (χ0) is 12.4. The van der Waals surface area contributed by atoms with Crippen molar-refractivity contribution in [1.82, 2.24) is 14.7 Å². The summed E-state index contributed by atoms with van der Waals surface area (Å²) in [6, 6.07) is 0. The summed E-state index contributed by atoms with van der Waals surface area (Å²) < 4.78 is 6.47. The van der Waals surface area contributed by atoms with Crippen molar-refractivity contribution < 1.29 is 19.4 Å². The van der Waals surface area contributed by atoms with Crippen LogP contribution in [0.25, 0.3) is 0 Å². The molecule has 1 saturated heterocycles. The molecule has 0 radical (unpaired) electrons. The Balaban J connectivity index is 2.26. The van der Waals surface area contributed by atoms with Crippen LogP contribution in [0.4, 0.5) is 0 Å². The molecule has 1 fully saturated rings. The van der Waals surface area contributed by atoms with E-state index >= 15 is 0 Å². The molecule has 0 unspecified atom stereocenters. The SMILES string of the molecule is Cn1cc(C(=O)N2CCOCC2)c(C(=O)O)n1. The third-order valence-electron chi connectivity index (χ3n) is 2.56. The Morgan fingerprint density at radius 2 is 2.06 bits per heavy atom. The van der Waals surface area contributed by atoms with E-state index in [-0.39, 0.29) is 17.2 Å². The van der Waals surface area contributed by atoms with E-state index in [1.165, 1.54) is 10.9 Å². The fraction of sp³-hybridized carbons (Fsp3) is 0.500. The summed E-state index contributed by atoms with van der Waals surface area (Å²) in [7, 11) is 1.59. The molecule has 1 aliphatic rings. The van der Waals surface area contributed by atoms with Gasteiger partial charge in [0.1, 0.15) is 0 Å². The highest BCUT2D eigenvalue weighted by atomic mass is 16.5. The number of aromatic nitrogens is 2. The van der Waals surface area contributed by atoms with Crippen LogP contribution in [0.2, 0.25) is 0 Å². The van der Waals surface area contributed by atoms with Gasteiger partial charge in [0.2, 0.25) is 0 Å². The lowest BCUT2D eigenvalue weighted by Crippen LogP contribution is -2.41.